The van der Waals surface area contributed by atoms with Crippen LogP contribution in [0, 0.1) is 0 Å². The Hall–Kier alpha value is -2.82. The van der Waals surface area contributed by atoms with Crippen LogP contribution in [-0.2, 0) is 28.9 Å². The van der Waals surface area contributed by atoms with Gasteiger partial charge in [-0.2, -0.15) is 0 Å². The highest BCUT2D eigenvalue weighted by atomic mass is 35.5. The molecule has 2 aromatic heterocycles. The number of aromatic nitrogens is 3. The van der Waals surface area contributed by atoms with Gasteiger partial charge >= 0.3 is 5.97 Å². The highest BCUT2D eigenvalue weighted by Crippen LogP contribution is 2.38. The third-order valence-corrected chi connectivity index (χ3v) is 8.33. The van der Waals surface area contributed by atoms with E-state index in [1.54, 1.807) is 38.3 Å². The molecule has 0 atom stereocenters. The zero-order valence-corrected chi connectivity index (χ0v) is 23.2. The zero-order chi connectivity index (χ0) is 26.4. The topological polar surface area (TPSA) is 95.3 Å². The molecule has 0 spiro atoms. The van der Waals surface area contributed by atoms with Gasteiger partial charge in [-0.25, -0.2) is 4.79 Å². The Balaban J connectivity index is 1.54. The Bertz CT molecular complexity index is 1300. The number of benzene rings is 1. The summed E-state index contributed by atoms with van der Waals surface area (Å²) in [7, 11) is 1.58. The molecule has 0 aliphatic heterocycles. The number of thioether (sulfide) groups is 1. The summed E-state index contributed by atoms with van der Waals surface area (Å²) in [6, 6.07) is 5.28. The van der Waals surface area contributed by atoms with Gasteiger partial charge < -0.3 is 14.8 Å². The molecule has 3 aromatic rings. The smallest absolute Gasteiger partial charge is 0.341 e. The summed E-state index contributed by atoms with van der Waals surface area (Å²) in [6.07, 6.45) is 6.72. The maximum atomic E-state index is 13.0. The van der Waals surface area contributed by atoms with Crippen LogP contribution in [0.15, 0.2) is 36.0 Å². The predicted octanol–water partition coefficient (Wildman–Crippen LogP) is 6.03. The number of amides is 1. The molecule has 2 heterocycles. The van der Waals surface area contributed by atoms with Gasteiger partial charge in [0.2, 0.25) is 5.91 Å². The molecular formula is C26H29ClN4O4S2. The minimum atomic E-state index is -0.379. The monoisotopic (exact) mass is 560 g/mol. The predicted molar refractivity (Wildman–Crippen MR) is 148 cm³/mol. The van der Waals surface area contributed by atoms with Gasteiger partial charge in [0.1, 0.15) is 10.8 Å². The fourth-order valence-corrected chi connectivity index (χ4v) is 6.50. The van der Waals surface area contributed by atoms with Crippen molar-refractivity contribution in [3.63, 3.8) is 0 Å². The van der Waals surface area contributed by atoms with E-state index in [1.165, 1.54) is 23.1 Å². The number of hydrogen-bond donors (Lipinski definition) is 1. The number of halogens is 1. The van der Waals surface area contributed by atoms with Gasteiger partial charge in [-0.15, -0.1) is 28.1 Å². The third kappa shape index (κ3) is 6.19. The third-order valence-electron chi connectivity index (χ3n) is 5.92. The zero-order valence-electron chi connectivity index (χ0n) is 20.8. The Labute approximate surface area is 229 Å². The average molecular weight is 561 g/mol. The maximum Gasteiger partial charge on any atom is 0.341 e. The van der Waals surface area contributed by atoms with Gasteiger partial charge in [-0.3, -0.25) is 9.36 Å². The van der Waals surface area contributed by atoms with Crippen LogP contribution in [0.4, 0.5) is 5.00 Å². The molecule has 11 heteroatoms. The molecule has 8 nitrogen and oxygen atoms in total. The van der Waals surface area contributed by atoms with Crippen LogP contribution < -0.4 is 10.1 Å². The average Bonchev–Trinajstić information content (AvgIpc) is 3.35. The molecule has 1 amide bonds. The van der Waals surface area contributed by atoms with Gasteiger partial charge in [0.15, 0.2) is 11.0 Å². The molecule has 0 radical (unpaired) electrons. The summed E-state index contributed by atoms with van der Waals surface area (Å²) in [5.74, 6) is 0.652. The first kappa shape index (κ1) is 27.2. The molecule has 1 aliphatic rings. The number of aryl methyl sites for hydroxylation is 1. The van der Waals surface area contributed by atoms with Crippen molar-refractivity contribution in [2.24, 2.45) is 0 Å². The molecule has 196 valence electrons. The number of thiophene rings is 1. The summed E-state index contributed by atoms with van der Waals surface area (Å²) < 4.78 is 12.7. The summed E-state index contributed by atoms with van der Waals surface area (Å²) >= 11 is 8.95. The van der Waals surface area contributed by atoms with Gasteiger partial charge in [0.25, 0.3) is 0 Å². The van der Waals surface area contributed by atoms with Crippen LogP contribution in [0.5, 0.6) is 5.75 Å². The molecule has 0 saturated heterocycles. The Morgan fingerprint density at radius 3 is 2.84 bits per heavy atom. The summed E-state index contributed by atoms with van der Waals surface area (Å²) in [5, 5.41) is 13.3. The SMILES string of the molecule is C=CCn1c(SCC(=O)Nc2sc3c(c2C(=O)OCC)CCCCC3)nnc1-c1cc(Cl)ccc1OC. The Kier molecular flexibility index (Phi) is 9.28. The standard InChI is InChI=1S/C26H29ClN4O4S2/c1-4-13-31-23(18-14-16(27)11-12-19(18)34-3)29-30-26(31)36-15-21(32)28-24-22(25(33)35-5-2)17-9-7-6-8-10-20(17)37-24/h4,11-12,14H,1,5-10,13,15H2,2-3H3,(H,28,32). The molecule has 0 saturated carbocycles. The minimum Gasteiger partial charge on any atom is -0.496 e. The van der Waals surface area contributed by atoms with Crippen LogP contribution in [0.2, 0.25) is 5.02 Å². The second-order valence-electron chi connectivity index (χ2n) is 8.38. The van der Waals surface area contributed by atoms with E-state index in [2.05, 4.69) is 22.1 Å². The number of anilines is 1. The molecule has 1 N–H and O–H groups in total. The molecule has 1 aliphatic carbocycles. The number of allylic oxidation sites excluding steroid dienone is 1. The lowest BCUT2D eigenvalue weighted by molar-refractivity contribution is -0.113. The second-order valence-corrected chi connectivity index (χ2v) is 10.9. The first-order valence-electron chi connectivity index (χ1n) is 12.1. The van der Waals surface area contributed by atoms with Gasteiger partial charge in [-0.1, -0.05) is 35.9 Å². The van der Waals surface area contributed by atoms with E-state index in [0.29, 0.717) is 44.4 Å². The number of ether oxygens (including phenoxy) is 2. The minimum absolute atomic E-state index is 0.0901. The number of carbonyl (C=O) groups excluding carboxylic acids is 2. The van der Waals surface area contributed by atoms with Crippen molar-refractivity contribution in [1.29, 1.82) is 0 Å². The van der Waals surface area contributed by atoms with Crippen LogP contribution in [0.3, 0.4) is 0 Å². The highest BCUT2D eigenvalue weighted by Gasteiger charge is 2.27. The molecular weight excluding hydrogens is 532 g/mol. The number of carbonyl (C=O) groups is 2. The number of nitrogens with zero attached hydrogens (tertiary/aromatic N) is 3. The van der Waals surface area contributed by atoms with Crippen LogP contribution in [0.1, 0.15) is 47.0 Å². The fourth-order valence-electron chi connectivity index (χ4n) is 4.29. The molecule has 0 fully saturated rings. The van der Waals surface area contributed by atoms with E-state index in [9.17, 15) is 9.59 Å². The largest absolute Gasteiger partial charge is 0.496 e. The van der Waals surface area contributed by atoms with E-state index in [-0.39, 0.29) is 24.2 Å². The number of hydrogen-bond acceptors (Lipinski definition) is 8. The van der Waals surface area contributed by atoms with Crippen molar-refractivity contribution in [3.8, 4) is 17.1 Å². The number of nitrogens with one attached hydrogen (secondary N) is 1. The molecule has 0 bridgehead atoms. The Morgan fingerprint density at radius 2 is 2.08 bits per heavy atom. The summed E-state index contributed by atoms with van der Waals surface area (Å²) in [6.45, 7) is 6.34. The number of methoxy groups -OCH3 is 1. The number of fused-ring (bicyclic) bond motifs is 1. The Morgan fingerprint density at radius 1 is 1.27 bits per heavy atom. The van der Waals surface area contributed by atoms with Crippen molar-refractivity contribution in [2.75, 3.05) is 24.8 Å². The first-order chi connectivity index (χ1) is 18.0. The molecule has 1 aromatic carbocycles. The lowest BCUT2D eigenvalue weighted by Gasteiger charge is -2.11. The quantitative estimate of drug-likeness (QED) is 0.140. The maximum absolute atomic E-state index is 13.0. The van der Waals surface area contributed by atoms with Gasteiger partial charge in [0.05, 0.1) is 30.6 Å². The van der Waals surface area contributed by atoms with Crippen molar-refractivity contribution in [1.82, 2.24) is 14.8 Å². The highest BCUT2D eigenvalue weighted by molar-refractivity contribution is 7.99. The number of rotatable bonds is 10. The lowest BCUT2D eigenvalue weighted by Crippen LogP contribution is -2.17. The van der Waals surface area contributed by atoms with Crippen molar-refractivity contribution < 1.29 is 19.1 Å². The van der Waals surface area contributed by atoms with Crippen molar-refractivity contribution >= 4 is 51.6 Å². The van der Waals surface area contributed by atoms with E-state index in [4.69, 9.17) is 21.1 Å². The molecule has 0 unspecified atom stereocenters. The van der Waals surface area contributed by atoms with Crippen molar-refractivity contribution in [2.45, 2.75) is 50.7 Å². The lowest BCUT2D eigenvalue weighted by atomic mass is 10.1. The van der Waals surface area contributed by atoms with E-state index >= 15 is 0 Å². The summed E-state index contributed by atoms with van der Waals surface area (Å²) in [5.41, 5.74) is 2.22. The summed E-state index contributed by atoms with van der Waals surface area (Å²) in [4.78, 5) is 26.9. The van der Waals surface area contributed by atoms with Crippen LogP contribution >= 0.6 is 34.7 Å². The molecule has 37 heavy (non-hydrogen) atoms. The van der Waals surface area contributed by atoms with Crippen molar-refractivity contribution in [3.05, 3.63) is 51.9 Å². The number of esters is 1. The molecule has 4 rings (SSSR count). The van der Waals surface area contributed by atoms with Gasteiger partial charge in [-0.05, 0) is 56.4 Å². The fraction of sp³-hybridized carbons (Fsp3) is 0.385. The van der Waals surface area contributed by atoms with E-state index < -0.39 is 0 Å². The first-order valence-corrected chi connectivity index (χ1v) is 14.3. The van der Waals surface area contributed by atoms with Crippen LogP contribution in [-0.4, -0.2) is 46.1 Å². The van der Waals surface area contributed by atoms with E-state index in [1.807, 2.05) is 4.57 Å². The van der Waals surface area contributed by atoms with Crippen LogP contribution in [0.25, 0.3) is 11.4 Å². The second kappa shape index (κ2) is 12.6. The van der Waals surface area contributed by atoms with Gasteiger partial charge in [0, 0.05) is 16.4 Å². The van der Waals surface area contributed by atoms with E-state index in [0.717, 1.165) is 42.5 Å². The normalized spacial score (nSPS) is 12.9.